The van der Waals surface area contributed by atoms with Gasteiger partial charge in [-0.1, -0.05) is 6.07 Å². The molecule has 9 nitrogen and oxygen atoms in total. The van der Waals surface area contributed by atoms with Gasteiger partial charge < -0.3 is 10.1 Å². The number of aromatic nitrogens is 6. The van der Waals surface area contributed by atoms with Gasteiger partial charge in [0.2, 0.25) is 0 Å². The number of nitrogens with zero attached hydrogens (tertiary/aromatic N) is 6. The van der Waals surface area contributed by atoms with E-state index in [0.717, 1.165) is 22.7 Å². The number of benzene rings is 1. The second-order valence-electron chi connectivity index (χ2n) is 8.09. The highest BCUT2D eigenvalue weighted by Gasteiger charge is 2.18. The molecule has 0 atom stereocenters. The first-order valence-electron chi connectivity index (χ1n) is 10.9. The third-order valence-corrected chi connectivity index (χ3v) is 5.09. The molecule has 0 unspecified atom stereocenters. The lowest BCUT2D eigenvalue weighted by Crippen LogP contribution is -2.13. The number of nitrogens with one attached hydrogen (secondary N) is 1. The number of aryl methyl sites for hydroxylation is 1. The molecule has 0 spiro atoms. The Bertz CT molecular complexity index is 1470. The maximum Gasteiger partial charge on any atom is 0.276 e. The van der Waals surface area contributed by atoms with Crippen molar-refractivity contribution in [3.8, 4) is 22.8 Å². The molecular formula is C25H23N7O2. The molecule has 0 aliphatic carbocycles. The molecule has 1 N–H and O–H groups in total. The number of anilines is 1. The fraction of sp³-hybridized carbons (Fsp3) is 0.160. The number of ether oxygens (including phenoxy) is 1. The molecule has 0 aliphatic heterocycles. The third kappa shape index (κ3) is 4.36. The summed E-state index contributed by atoms with van der Waals surface area (Å²) in [5.41, 5.74) is 4.02. The molecule has 1 amide bonds. The number of carbonyl (C=O) groups excluding carboxylic acids is 1. The number of pyridine rings is 2. The first-order chi connectivity index (χ1) is 16.5. The molecule has 4 aromatic heterocycles. The summed E-state index contributed by atoms with van der Waals surface area (Å²) in [5.74, 6) is 1.03. The van der Waals surface area contributed by atoms with Gasteiger partial charge in [0.1, 0.15) is 12.1 Å². The van der Waals surface area contributed by atoms with Crippen LogP contribution in [-0.2, 0) is 0 Å². The van der Waals surface area contributed by atoms with E-state index in [1.165, 1.54) is 6.33 Å². The first-order valence-corrected chi connectivity index (χ1v) is 10.9. The number of hydrogen-bond donors (Lipinski definition) is 1. The van der Waals surface area contributed by atoms with Gasteiger partial charge in [-0.05, 0) is 75.4 Å². The lowest BCUT2D eigenvalue weighted by molar-refractivity contribution is 0.102. The minimum Gasteiger partial charge on any atom is -0.491 e. The molecule has 170 valence electrons. The minimum atomic E-state index is -0.327. The molecule has 0 aliphatic rings. The molecule has 1 aromatic carbocycles. The Kier molecular flexibility index (Phi) is 5.51. The van der Waals surface area contributed by atoms with Crippen molar-refractivity contribution >= 4 is 17.2 Å². The molecule has 0 saturated heterocycles. The zero-order valence-electron chi connectivity index (χ0n) is 19.0. The Hall–Kier alpha value is -4.53. The van der Waals surface area contributed by atoms with Crippen LogP contribution >= 0.6 is 0 Å². The van der Waals surface area contributed by atoms with Gasteiger partial charge in [0.25, 0.3) is 5.91 Å². The van der Waals surface area contributed by atoms with Crippen molar-refractivity contribution in [1.29, 1.82) is 0 Å². The number of hydrogen-bond acceptors (Lipinski definition) is 6. The topological polar surface area (TPSA) is 99.2 Å². The van der Waals surface area contributed by atoms with Crippen molar-refractivity contribution in [2.75, 3.05) is 5.32 Å². The molecule has 5 rings (SSSR count). The summed E-state index contributed by atoms with van der Waals surface area (Å²) in [4.78, 5) is 21.9. The first kappa shape index (κ1) is 21.3. The fourth-order valence-electron chi connectivity index (χ4n) is 3.57. The smallest absolute Gasteiger partial charge is 0.276 e. The Morgan fingerprint density at radius 2 is 1.88 bits per heavy atom. The average molecular weight is 454 g/mol. The van der Waals surface area contributed by atoms with E-state index in [1.54, 1.807) is 27.4 Å². The number of carbonyl (C=O) groups is 1. The van der Waals surface area contributed by atoms with E-state index in [1.807, 2.05) is 69.4 Å². The van der Waals surface area contributed by atoms with Crippen LogP contribution in [0.2, 0.25) is 0 Å². The van der Waals surface area contributed by atoms with E-state index >= 15 is 0 Å². The van der Waals surface area contributed by atoms with Gasteiger partial charge >= 0.3 is 0 Å². The van der Waals surface area contributed by atoms with Gasteiger partial charge in [0, 0.05) is 23.1 Å². The minimum absolute atomic E-state index is 0.0785. The highest BCUT2D eigenvalue weighted by atomic mass is 16.5. The SMILES string of the molecule is Cc1cccc(-n2nc(C(=O)Nc3ccc(OC(C)C)cc3)cc2-c2ccc3ncnn3c2)n1. The van der Waals surface area contributed by atoms with Gasteiger partial charge in [-0.2, -0.15) is 10.2 Å². The standard InChI is InChI=1S/C25H23N7O2/c1-16(2)34-20-10-8-19(9-11-20)29-25(33)21-13-22(18-7-12-23-26-15-27-31(23)14-18)32(30-21)24-6-4-5-17(3)28-24/h4-16H,1-3H3,(H,29,33). The normalized spacial score (nSPS) is 11.2. The van der Waals surface area contributed by atoms with E-state index in [4.69, 9.17) is 4.74 Å². The molecule has 0 saturated carbocycles. The quantitative estimate of drug-likeness (QED) is 0.411. The highest BCUT2D eigenvalue weighted by molar-refractivity contribution is 6.03. The van der Waals surface area contributed by atoms with Crippen LogP contribution in [-0.4, -0.2) is 41.4 Å². The van der Waals surface area contributed by atoms with Crippen LogP contribution < -0.4 is 10.1 Å². The van der Waals surface area contributed by atoms with E-state index < -0.39 is 0 Å². The van der Waals surface area contributed by atoms with E-state index in [9.17, 15) is 4.79 Å². The lowest BCUT2D eigenvalue weighted by atomic mass is 10.2. The monoisotopic (exact) mass is 453 g/mol. The Labute approximate surface area is 196 Å². The second kappa shape index (κ2) is 8.78. The Morgan fingerprint density at radius 1 is 1.06 bits per heavy atom. The predicted octanol–water partition coefficient (Wildman–Crippen LogP) is 4.32. The molecule has 5 aromatic rings. The van der Waals surface area contributed by atoms with Gasteiger partial charge in [-0.25, -0.2) is 19.2 Å². The van der Waals surface area contributed by atoms with Crippen LogP contribution in [0, 0.1) is 6.92 Å². The zero-order valence-corrected chi connectivity index (χ0v) is 19.0. The molecular weight excluding hydrogens is 430 g/mol. The molecule has 0 bridgehead atoms. The molecule has 34 heavy (non-hydrogen) atoms. The Morgan fingerprint density at radius 3 is 2.65 bits per heavy atom. The van der Waals surface area contributed by atoms with Crippen molar-refractivity contribution in [3.63, 3.8) is 0 Å². The molecule has 0 radical (unpaired) electrons. The number of rotatable bonds is 6. The van der Waals surface area contributed by atoms with Crippen LogP contribution in [0.5, 0.6) is 5.75 Å². The third-order valence-electron chi connectivity index (χ3n) is 5.09. The van der Waals surface area contributed by atoms with E-state index in [0.29, 0.717) is 17.2 Å². The summed E-state index contributed by atoms with van der Waals surface area (Å²) in [5, 5.41) is 11.7. The Balaban J connectivity index is 1.50. The number of fused-ring (bicyclic) bond motifs is 1. The van der Waals surface area contributed by atoms with Crippen molar-refractivity contribution in [2.45, 2.75) is 26.9 Å². The van der Waals surface area contributed by atoms with Crippen LogP contribution in [0.1, 0.15) is 30.0 Å². The van der Waals surface area contributed by atoms with Gasteiger partial charge in [-0.3, -0.25) is 4.79 Å². The molecule has 0 fully saturated rings. The lowest BCUT2D eigenvalue weighted by Gasteiger charge is -2.10. The summed E-state index contributed by atoms with van der Waals surface area (Å²) in [6.07, 6.45) is 3.42. The largest absolute Gasteiger partial charge is 0.491 e. The van der Waals surface area contributed by atoms with Gasteiger partial charge in [0.15, 0.2) is 17.2 Å². The zero-order chi connectivity index (χ0) is 23.7. The summed E-state index contributed by atoms with van der Waals surface area (Å²) in [7, 11) is 0. The summed E-state index contributed by atoms with van der Waals surface area (Å²) in [6, 6.07) is 18.4. The molecule has 9 heteroatoms. The van der Waals surface area contributed by atoms with Gasteiger partial charge in [0.05, 0.1) is 11.8 Å². The summed E-state index contributed by atoms with van der Waals surface area (Å²) in [6.45, 7) is 5.84. The fourth-order valence-corrected chi connectivity index (χ4v) is 3.57. The van der Waals surface area contributed by atoms with Crippen LogP contribution in [0.25, 0.3) is 22.7 Å². The summed E-state index contributed by atoms with van der Waals surface area (Å²) < 4.78 is 9.01. The second-order valence-corrected chi connectivity index (χ2v) is 8.09. The van der Waals surface area contributed by atoms with E-state index in [2.05, 4.69) is 25.5 Å². The van der Waals surface area contributed by atoms with Crippen LogP contribution in [0.4, 0.5) is 5.69 Å². The summed E-state index contributed by atoms with van der Waals surface area (Å²) >= 11 is 0. The maximum atomic E-state index is 13.1. The van der Waals surface area contributed by atoms with Crippen LogP contribution in [0.3, 0.4) is 0 Å². The van der Waals surface area contributed by atoms with Crippen molar-refractivity contribution in [3.05, 3.63) is 84.6 Å². The molecule has 4 heterocycles. The highest BCUT2D eigenvalue weighted by Crippen LogP contribution is 2.25. The predicted molar refractivity (Wildman–Crippen MR) is 128 cm³/mol. The van der Waals surface area contributed by atoms with Gasteiger partial charge in [-0.15, -0.1) is 0 Å². The van der Waals surface area contributed by atoms with Crippen LogP contribution in [0.15, 0.2) is 73.2 Å². The maximum absolute atomic E-state index is 13.1. The average Bonchev–Trinajstić information content (AvgIpc) is 3.47. The number of amides is 1. The van der Waals surface area contributed by atoms with Crippen molar-refractivity contribution in [1.82, 2.24) is 29.4 Å². The van der Waals surface area contributed by atoms with E-state index in [-0.39, 0.29) is 17.7 Å². The van der Waals surface area contributed by atoms with Crippen molar-refractivity contribution < 1.29 is 9.53 Å². The van der Waals surface area contributed by atoms with Crippen molar-refractivity contribution in [2.24, 2.45) is 0 Å².